The number of nitrogens with zero attached hydrogens (tertiary/aromatic N) is 3. The van der Waals surface area contributed by atoms with Gasteiger partial charge in [0.2, 0.25) is 0 Å². The van der Waals surface area contributed by atoms with Gasteiger partial charge in [0.15, 0.2) is 5.75 Å². The Kier molecular flexibility index (Phi) is 4.61. The molecule has 0 N–H and O–H groups in total. The Morgan fingerprint density at radius 3 is 2.74 bits per heavy atom. The first kappa shape index (κ1) is 14.1. The van der Waals surface area contributed by atoms with Crippen molar-refractivity contribution in [2.24, 2.45) is 0 Å². The molecule has 1 aromatic rings. The molecule has 6 heteroatoms. The van der Waals surface area contributed by atoms with Gasteiger partial charge in [-0.25, -0.2) is 19.8 Å². The highest BCUT2D eigenvalue weighted by molar-refractivity contribution is 6.30. The predicted molar refractivity (Wildman–Crippen MR) is 73.2 cm³/mol. The normalized spacial score (nSPS) is 16.2. The van der Waals surface area contributed by atoms with Crippen LogP contribution in [-0.4, -0.2) is 41.2 Å². The van der Waals surface area contributed by atoms with Crippen LogP contribution >= 0.6 is 11.6 Å². The maximum absolute atomic E-state index is 12.0. The molecule has 1 fully saturated rings. The fraction of sp³-hybridized carbons (Fsp3) is 0.538. The van der Waals surface area contributed by atoms with E-state index in [1.807, 2.05) is 11.9 Å². The van der Waals surface area contributed by atoms with Crippen LogP contribution < -0.4 is 4.74 Å². The van der Waals surface area contributed by atoms with Crippen molar-refractivity contribution in [2.75, 3.05) is 20.1 Å². The number of pyridine rings is 1. The van der Waals surface area contributed by atoms with E-state index in [1.165, 1.54) is 17.6 Å². The Bertz CT molecular complexity index is 461. The fourth-order valence-corrected chi connectivity index (χ4v) is 2.15. The molecule has 0 spiro atoms. The Labute approximate surface area is 118 Å². The van der Waals surface area contributed by atoms with Gasteiger partial charge in [-0.05, 0) is 31.4 Å². The van der Waals surface area contributed by atoms with Crippen molar-refractivity contribution in [3.63, 3.8) is 0 Å². The zero-order chi connectivity index (χ0) is 13.8. The first-order valence-corrected chi connectivity index (χ1v) is 6.78. The zero-order valence-electron chi connectivity index (χ0n) is 11.2. The lowest BCUT2D eigenvalue weighted by atomic mass is 10.2. The number of carbonyl (C=O) groups is 1. The molecule has 1 saturated heterocycles. The van der Waals surface area contributed by atoms with Gasteiger partial charge in [-0.15, -0.1) is 0 Å². The van der Waals surface area contributed by atoms with Crippen LogP contribution in [0.25, 0.3) is 0 Å². The average Bonchev–Trinajstić information content (AvgIpc) is 2.43. The lowest BCUT2D eigenvalue weighted by molar-refractivity contribution is 0.000829. The van der Waals surface area contributed by atoms with Crippen LogP contribution in [0, 0.1) is 6.92 Å². The molecule has 2 heterocycles. The van der Waals surface area contributed by atoms with Gasteiger partial charge in [0.05, 0.1) is 6.20 Å². The van der Waals surface area contributed by atoms with Gasteiger partial charge >= 0.3 is 6.09 Å². The maximum Gasteiger partial charge on any atom is 0.429 e. The van der Waals surface area contributed by atoms with Crippen LogP contribution in [0.2, 0.25) is 5.15 Å². The molecule has 1 aliphatic heterocycles. The van der Waals surface area contributed by atoms with Crippen LogP contribution in [0.3, 0.4) is 0 Å². The molecule has 0 saturated carbocycles. The van der Waals surface area contributed by atoms with Crippen LogP contribution in [0.5, 0.6) is 5.75 Å². The molecule has 19 heavy (non-hydrogen) atoms. The van der Waals surface area contributed by atoms with E-state index in [0.717, 1.165) is 31.5 Å². The Morgan fingerprint density at radius 1 is 1.42 bits per heavy atom. The second-order valence-electron chi connectivity index (χ2n) is 4.68. The summed E-state index contributed by atoms with van der Waals surface area (Å²) in [7, 11) is 1.73. The number of ether oxygens (including phenoxy) is 1. The molecule has 104 valence electrons. The monoisotopic (exact) mass is 283 g/mol. The van der Waals surface area contributed by atoms with E-state index in [0.29, 0.717) is 10.9 Å². The largest absolute Gasteiger partial charge is 0.429 e. The fourth-order valence-electron chi connectivity index (χ4n) is 2.05. The maximum atomic E-state index is 12.0. The number of aryl methyl sites for hydroxylation is 1. The zero-order valence-corrected chi connectivity index (χ0v) is 12.0. The van der Waals surface area contributed by atoms with Gasteiger partial charge in [-0.3, -0.25) is 0 Å². The van der Waals surface area contributed by atoms with E-state index in [4.69, 9.17) is 16.3 Å². The van der Waals surface area contributed by atoms with Gasteiger partial charge < -0.3 is 4.74 Å². The number of hydrazine groups is 1. The number of rotatable bonds is 2. The molecule has 0 bridgehead atoms. The third-order valence-corrected chi connectivity index (χ3v) is 3.61. The number of halogens is 1. The lowest BCUT2D eigenvalue weighted by Gasteiger charge is -2.33. The van der Waals surface area contributed by atoms with E-state index in [2.05, 4.69) is 4.98 Å². The number of aromatic nitrogens is 1. The number of hydrogen-bond donors (Lipinski definition) is 0. The van der Waals surface area contributed by atoms with E-state index in [1.54, 1.807) is 13.1 Å². The lowest BCUT2D eigenvalue weighted by Crippen LogP contribution is -2.47. The standard InChI is InChI=1S/C13H18ClN3O2/c1-10-8-11(9-15-12(10)14)19-13(18)16(2)17-6-4-3-5-7-17/h8-9H,3-7H2,1-2H3. The predicted octanol–water partition coefficient (Wildman–Crippen LogP) is 2.87. The van der Waals surface area contributed by atoms with Gasteiger partial charge in [-0.2, -0.15) is 0 Å². The summed E-state index contributed by atoms with van der Waals surface area (Å²) >= 11 is 5.83. The summed E-state index contributed by atoms with van der Waals surface area (Å²) in [6.07, 6.45) is 4.50. The minimum absolute atomic E-state index is 0.398. The quantitative estimate of drug-likeness (QED) is 0.783. The van der Waals surface area contributed by atoms with Crippen molar-refractivity contribution >= 4 is 17.7 Å². The molecule has 5 nitrogen and oxygen atoms in total. The highest BCUT2D eigenvalue weighted by Crippen LogP contribution is 2.19. The highest BCUT2D eigenvalue weighted by Gasteiger charge is 2.21. The summed E-state index contributed by atoms with van der Waals surface area (Å²) in [6.45, 7) is 3.61. The van der Waals surface area contributed by atoms with Crippen LogP contribution in [0.4, 0.5) is 4.79 Å². The van der Waals surface area contributed by atoms with Gasteiger partial charge in [0.25, 0.3) is 0 Å². The summed E-state index contributed by atoms with van der Waals surface area (Å²) in [6, 6.07) is 1.71. The minimum Gasteiger partial charge on any atom is -0.408 e. The first-order chi connectivity index (χ1) is 9.08. The number of piperidine rings is 1. The van der Waals surface area contributed by atoms with Crippen molar-refractivity contribution < 1.29 is 9.53 Å². The van der Waals surface area contributed by atoms with Crippen LogP contribution in [0.15, 0.2) is 12.3 Å². The van der Waals surface area contributed by atoms with Crippen molar-refractivity contribution in [3.8, 4) is 5.75 Å². The smallest absolute Gasteiger partial charge is 0.408 e. The molecule has 0 unspecified atom stereocenters. The van der Waals surface area contributed by atoms with Crippen molar-refractivity contribution in [1.82, 2.24) is 15.0 Å². The third kappa shape index (κ3) is 3.58. The first-order valence-electron chi connectivity index (χ1n) is 6.40. The summed E-state index contributed by atoms with van der Waals surface area (Å²) in [5, 5.41) is 3.95. The number of hydrogen-bond acceptors (Lipinski definition) is 4. The molecule has 1 aromatic heterocycles. The van der Waals surface area contributed by atoms with E-state index in [-0.39, 0.29) is 0 Å². The number of carbonyl (C=O) groups excluding carboxylic acids is 1. The molecule has 0 aliphatic carbocycles. The summed E-state index contributed by atoms with van der Waals surface area (Å²) in [5.41, 5.74) is 0.785. The second-order valence-corrected chi connectivity index (χ2v) is 5.04. The van der Waals surface area contributed by atoms with E-state index >= 15 is 0 Å². The Morgan fingerprint density at radius 2 is 2.11 bits per heavy atom. The summed E-state index contributed by atoms with van der Waals surface area (Å²) in [5.74, 6) is 0.413. The number of amides is 1. The van der Waals surface area contributed by atoms with Gasteiger partial charge in [-0.1, -0.05) is 18.0 Å². The molecule has 1 amide bonds. The van der Waals surface area contributed by atoms with Gasteiger partial charge in [0.1, 0.15) is 5.15 Å². The molecule has 0 atom stereocenters. The molecule has 0 radical (unpaired) electrons. The molecule has 1 aliphatic rings. The third-order valence-electron chi connectivity index (χ3n) is 3.22. The summed E-state index contributed by atoms with van der Waals surface area (Å²) in [4.78, 5) is 16.0. The minimum atomic E-state index is -0.398. The second kappa shape index (κ2) is 6.21. The van der Waals surface area contributed by atoms with Crippen LogP contribution in [-0.2, 0) is 0 Å². The van der Waals surface area contributed by atoms with E-state index < -0.39 is 6.09 Å². The summed E-state index contributed by atoms with van der Waals surface area (Å²) < 4.78 is 5.29. The molecule has 2 rings (SSSR count). The van der Waals surface area contributed by atoms with Crippen molar-refractivity contribution in [3.05, 3.63) is 23.0 Å². The topological polar surface area (TPSA) is 45.7 Å². The van der Waals surface area contributed by atoms with Crippen molar-refractivity contribution in [1.29, 1.82) is 0 Å². The van der Waals surface area contributed by atoms with Gasteiger partial charge in [0, 0.05) is 20.1 Å². The highest BCUT2D eigenvalue weighted by atomic mass is 35.5. The Hall–Kier alpha value is -1.33. The van der Waals surface area contributed by atoms with E-state index in [9.17, 15) is 4.79 Å². The molecular formula is C13H18ClN3O2. The molecular weight excluding hydrogens is 266 g/mol. The molecule has 0 aromatic carbocycles. The Balaban J connectivity index is 1.97. The average molecular weight is 284 g/mol. The van der Waals surface area contributed by atoms with Crippen LogP contribution in [0.1, 0.15) is 24.8 Å². The van der Waals surface area contributed by atoms with Crippen molar-refractivity contribution in [2.45, 2.75) is 26.2 Å². The SMILES string of the molecule is Cc1cc(OC(=O)N(C)N2CCCCC2)cnc1Cl.